The molecule has 0 bridgehead atoms. The Labute approximate surface area is 209 Å². The molecular formula is C31H38N2O2. The second-order valence-electron chi connectivity index (χ2n) is 13.5. The average Bonchev–Trinajstić information content (AvgIpc) is 3.14. The highest BCUT2D eigenvalue weighted by Crippen LogP contribution is 2.55. The molecule has 0 aliphatic carbocycles. The van der Waals surface area contributed by atoms with Gasteiger partial charge in [0, 0.05) is 22.1 Å². The molecule has 0 aromatic heterocycles. The Kier molecular flexibility index (Phi) is 4.68. The second-order valence-corrected chi connectivity index (χ2v) is 13.5. The fourth-order valence-electron chi connectivity index (χ4n) is 5.64. The average molecular weight is 471 g/mol. The van der Waals surface area contributed by atoms with Gasteiger partial charge in [0.25, 0.3) is 5.91 Å². The number of nitrogens with one attached hydrogen (secondary N) is 1. The number of hydrogen-bond acceptors (Lipinski definition) is 3. The molecule has 1 spiro atoms. The Bertz CT molecular complexity index is 1330. The van der Waals surface area contributed by atoms with Crippen molar-refractivity contribution in [3.8, 4) is 0 Å². The smallest absolute Gasteiger partial charge is 0.273 e. The number of rotatable bonds is 0. The number of hydrogen-bond donors (Lipinski definition) is 1. The maximum atomic E-state index is 13.8. The van der Waals surface area contributed by atoms with Crippen LogP contribution in [0.25, 0.3) is 0 Å². The Hall–Kier alpha value is -2.88. The second kappa shape index (κ2) is 6.87. The van der Waals surface area contributed by atoms with E-state index in [1.807, 2.05) is 6.07 Å². The van der Waals surface area contributed by atoms with E-state index in [1.165, 1.54) is 16.7 Å². The van der Waals surface area contributed by atoms with Gasteiger partial charge in [-0.3, -0.25) is 4.79 Å². The minimum absolute atomic E-state index is 0.00119. The molecule has 4 heteroatoms. The normalized spacial score (nSPS) is 24.0. The summed E-state index contributed by atoms with van der Waals surface area (Å²) in [7, 11) is 0. The molecule has 3 aliphatic heterocycles. The topological polar surface area (TPSA) is 50.7 Å². The van der Waals surface area contributed by atoms with Gasteiger partial charge >= 0.3 is 0 Å². The van der Waals surface area contributed by atoms with Crippen LogP contribution in [0.1, 0.15) is 91.5 Å². The SMILES string of the molecule is CC(C)(C)c1ccc2c(c1)C(C)(C)C1=CC3(OC1=N2)C(=O)Nc1ccc(C(C)(C)C)cc1C3(C)C. The summed E-state index contributed by atoms with van der Waals surface area (Å²) < 4.78 is 6.64. The van der Waals surface area contributed by atoms with Gasteiger partial charge in [-0.05, 0) is 51.3 Å². The molecule has 2 aromatic carbocycles. The summed E-state index contributed by atoms with van der Waals surface area (Å²) in [4.78, 5) is 18.7. The van der Waals surface area contributed by atoms with Gasteiger partial charge in [0.05, 0.1) is 5.69 Å². The molecule has 0 saturated carbocycles. The number of ether oxygens (including phenoxy) is 1. The number of nitrogens with zero attached hydrogens (tertiary/aromatic N) is 1. The summed E-state index contributed by atoms with van der Waals surface area (Å²) in [6.45, 7) is 22.0. The highest BCUT2D eigenvalue weighted by Gasteiger charge is 2.62. The molecule has 1 unspecified atom stereocenters. The van der Waals surface area contributed by atoms with Crippen molar-refractivity contribution >= 4 is 23.2 Å². The molecular weight excluding hydrogens is 432 g/mol. The van der Waals surface area contributed by atoms with Crippen LogP contribution in [0.2, 0.25) is 0 Å². The first-order valence-electron chi connectivity index (χ1n) is 12.6. The summed E-state index contributed by atoms with van der Waals surface area (Å²) in [6, 6.07) is 12.9. The molecule has 0 radical (unpaired) electrons. The van der Waals surface area contributed by atoms with Gasteiger partial charge < -0.3 is 10.1 Å². The van der Waals surface area contributed by atoms with E-state index in [9.17, 15) is 4.79 Å². The molecule has 35 heavy (non-hydrogen) atoms. The standard InChI is InChI=1S/C31H38N2O2/c1-27(2,3)18-11-13-23-20(15-18)29(7,8)22-17-31(35-25(22)32-23)26(34)33-24-14-12-19(28(4,5)6)16-21(24)30(31,9)10/h11-17H,1-10H3,(H,33,34). The predicted molar refractivity (Wildman–Crippen MR) is 144 cm³/mol. The van der Waals surface area contributed by atoms with Crippen LogP contribution in [-0.4, -0.2) is 17.4 Å². The number of anilines is 1. The van der Waals surface area contributed by atoms with Gasteiger partial charge in [-0.2, -0.15) is 0 Å². The Morgan fingerprint density at radius 3 is 2.00 bits per heavy atom. The number of carbonyl (C=O) groups excluding carboxylic acids is 1. The van der Waals surface area contributed by atoms with Crippen LogP contribution in [0.5, 0.6) is 0 Å². The zero-order valence-electron chi connectivity index (χ0n) is 22.8. The van der Waals surface area contributed by atoms with Gasteiger partial charge in [-0.25, -0.2) is 4.99 Å². The summed E-state index contributed by atoms with van der Waals surface area (Å²) >= 11 is 0. The molecule has 0 fully saturated rings. The highest BCUT2D eigenvalue weighted by molar-refractivity contribution is 6.12. The Morgan fingerprint density at radius 1 is 0.829 bits per heavy atom. The lowest BCUT2D eigenvalue weighted by Gasteiger charge is -2.45. The van der Waals surface area contributed by atoms with Crippen LogP contribution in [0.4, 0.5) is 11.4 Å². The molecule has 3 heterocycles. The van der Waals surface area contributed by atoms with E-state index in [-0.39, 0.29) is 22.2 Å². The first kappa shape index (κ1) is 23.8. The number of fused-ring (bicyclic) bond motifs is 3. The van der Waals surface area contributed by atoms with Crippen LogP contribution in [0, 0.1) is 0 Å². The number of aliphatic imine (C=N–C) groups is 1. The zero-order chi connectivity index (χ0) is 25.8. The Morgan fingerprint density at radius 2 is 1.40 bits per heavy atom. The van der Waals surface area contributed by atoms with Crippen molar-refractivity contribution < 1.29 is 9.53 Å². The van der Waals surface area contributed by atoms with Crippen molar-refractivity contribution in [3.63, 3.8) is 0 Å². The first-order chi connectivity index (χ1) is 16.0. The van der Waals surface area contributed by atoms with E-state index in [4.69, 9.17) is 9.73 Å². The zero-order valence-corrected chi connectivity index (χ0v) is 22.8. The first-order valence-corrected chi connectivity index (χ1v) is 12.6. The lowest BCUT2D eigenvalue weighted by Crippen LogP contribution is -2.59. The van der Waals surface area contributed by atoms with Crippen molar-refractivity contribution in [2.75, 3.05) is 5.32 Å². The Balaban J connectivity index is 1.68. The summed E-state index contributed by atoms with van der Waals surface area (Å²) in [6.07, 6.45) is 2.06. The molecule has 184 valence electrons. The summed E-state index contributed by atoms with van der Waals surface area (Å²) in [5.41, 5.74) is 5.44. The van der Waals surface area contributed by atoms with E-state index < -0.39 is 11.0 Å². The third-order valence-corrected chi connectivity index (χ3v) is 8.34. The van der Waals surface area contributed by atoms with E-state index in [0.717, 1.165) is 22.5 Å². The van der Waals surface area contributed by atoms with Crippen molar-refractivity contribution in [2.24, 2.45) is 4.99 Å². The maximum absolute atomic E-state index is 13.8. The summed E-state index contributed by atoms with van der Waals surface area (Å²) in [5.74, 6) is 0.419. The number of amides is 1. The predicted octanol–water partition coefficient (Wildman–Crippen LogP) is 7.23. The van der Waals surface area contributed by atoms with Gasteiger partial charge in [-0.1, -0.05) is 93.5 Å². The van der Waals surface area contributed by atoms with E-state index >= 15 is 0 Å². The van der Waals surface area contributed by atoms with E-state index in [2.05, 4.69) is 111 Å². The van der Waals surface area contributed by atoms with Crippen molar-refractivity contribution in [1.82, 2.24) is 0 Å². The maximum Gasteiger partial charge on any atom is 0.273 e. The highest BCUT2D eigenvalue weighted by atomic mass is 16.5. The fraction of sp³-hybridized carbons (Fsp3) is 0.484. The fourth-order valence-corrected chi connectivity index (χ4v) is 5.64. The van der Waals surface area contributed by atoms with Gasteiger partial charge in [-0.15, -0.1) is 0 Å². The van der Waals surface area contributed by atoms with E-state index in [0.29, 0.717) is 5.90 Å². The minimum Gasteiger partial charge on any atom is -0.455 e. The van der Waals surface area contributed by atoms with Crippen LogP contribution in [0.3, 0.4) is 0 Å². The molecule has 1 atom stereocenters. The molecule has 4 nitrogen and oxygen atoms in total. The van der Waals surface area contributed by atoms with Gasteiger partial charge in [0.15, 0.2) is 0 Å². The third kappa shape index (κ3) is 3.25. The third-order valence-electron chi connectivity index (χ3n) is 8.34. The van der Waals surface area contributed by atoms with Crippen LogP contribution >= 0.6 is 0 Å². The molecule has 3 aliphatic rings. The number of benzene rings is 2. The molecule has 1 amide bonds. The van der Waals surface area contributed by atoms with Crippen LogP contribution in [-0.2, 0) is 31.2 Å². The molecule has 0 saturated heterocycles. The van der Waals surface area contributed by atoms with Crippen molar-refractivity contribution in [2.45, 2.75) is 96.5 Å². The van der Waals surface area contributed by atoms with Crippen molar-refractivity contribution in [1.29, 1.82) is 0 Å². The van der Waals surface area contributed by atoms with Crippen molar-refractivity contribution in [3.05, 3.63) is 70.3 Å². The molecule has 5 rings (SSSR count). The van der Waals surface area contributed by atoms with Gasteiger partial charge in [0.2, 0.25) is 11.5 Å². The quantitative estimate of drug-likeness (QED) is 0.442. The number of carbonyl (C=O) groups is 1. The largest absolute Gasteiger partial charge is 0.455 e. The monoisotopic (exact) mass is 470 g/mol. The lowest BCUT2D eigenvalue weighted by molar-refractivity contribution is -0.133. The van der Waals surface area contributed by atoms with Crippen LogP contribution in [0.15, 0.2) is 53.0 Å². The summed E-state index contributed by atoms with van der Waals surface area (Å²) in [5, 5.41) is 3.15. The van der Waals surface area contributed by atoms with Gasteiger partial charge in [0.1, 0.15) is 0 Å². The van der Waals surface area contributed by atoms with E-state index in [1.54, 1.807) is 0 Å². The lowest BCUT2D eigenvalue weighted by atomic mass is 9.64. The minimum atomic E-state index is -1.17. The molecule has 1 N–H and O–H groups in total. The van der Waals surface area contributed by atoms with Crippen LogP contribution < -0.4 is 5.32 Å². The molecule has 2 aromatic rings.